The molecule has 18 heavy (non-hydrogen) atoms. The van der Waals surface area contributed by atoms with Gasteiger partial charge in [-0.15, -0.1) is 11.8 Å². The number of thioether (sulfide) groups is 1. The summed E-state index contributed by atoms with van der Waals surface area (Å²) in [6.45, 7) is 2.12. The number of hydrogen-bond donors (Lipinski definition) is 1. The Balaban J connectivity index is 2.78. The SMILES string of the molecule is CCCCC(Nc1ccccc1SC)C(=O)OC. The number of carbonyl (C=O) groups excluding carboxylic acids is 1. The van der Waals surface area contributed by atoms with Crippen LogP contribution in [0.25, 0.3) is 0 Å². The minimum atomic E-state index is -0.261. The molecule has 100 valence electrons. The van der Waals surface area contributed by atoms with Gasteiger partial charge in [-0.2, -0.15) is 0 Å². The highest BCUT2D eigenvalue weighted by Crippen LogP contribution is 2.26. The minimum absolute atomic E-state index is 0.195. The normalized spacial score (nSPS) is 11.9. The van der Waals surface area contributed by atoms with E-state index in [0.29, 0.717) is 0 Å². The Kier molecular flexibility index (Phi) is 6.65. The molecular formula is C14H21NO2S. The molecule has 1 rings (SSSR count). The Hall–Kier alpha value is -1.16. The van der Waals surface area contributed by atoms with Crippen molar-refractivity contribution < 1.29 is 9.53 Å². The number of nitrogens with one attached hydrogen (secondary N) is 1. The average molecular weight is 267 g/mol. The lowest BCUT2D eigenvalue weighted by Gasteiger charge is -2.19. The van der Waals surface area contributed by atoms with Gasteiger partial charge in [0.25, 0.3) is 0 Å². The summed E-state index contributed by atoms with van der Waals surface area (Å²) < 4.78 is 4.85. The number of ether oxygens (including phenoxy) is 1. The Labute approximate surface area is 113 Å². The standard InChI is InChI=1S/C14H21NO2S/c1-4-5-8-12(14(16)17-2)15-11-9-6-7-10-13(11)18-3/h6-7,9-10,12,15H,4-5,8H2,1-3H3. The van der Waals surface area contributed by atoms with Crippen LogP contribution in [-0.2, 0) is 9.53 Å². The molecule has 0 aliphatic carbocycles. The first-order valence-corrected chi connectivity index (χ1v) is 7.42. The molecule has 1 aromatic carbocycles. The molecule has 1 N–H and O–H groups in total. The Morgan fingerprint density at radius 2 is 2.17 bits per heavy atom. The molecule has 0 spiro atoms. The zero-order valence-electron chi connectivity index (χ0n) is 11.2. The monoisotopic (exact) mass is 267 g/mol. The maximum atomic E-state index is 11.7. The lowest BCUT2D eigenvalue weighted by molar-refractivity contribution is -0.141. The van der Waals surface area contributed by atoms with E-state index >= 15 is 0 Å². The van der Waals surface area contributed by atoms with Crippen molar-refractivity contribution in [1.29, 1.82) is 0 Å². The van der Waals surface area contributed by atoms with E-state index < -0.39 is 0 Å². The van der Waals surface area contributed by atoms with Crippen LogP contribution in [0.1, 0.15) is 26.2 Å². The molecule has 0 aliphatic heterocycles. The number of rotatable bonds is 7. The van der Waals surface area contributed by atoms with Gasteiger partial charge in [0.15, 0.2) is 0 Å². The van der Waals surface area contributed by atoms with Gasteiger partial charge in [-0.25, -0.2) is 4.79 Å². The summed E-state index contributed by atoms with van der Waals surface area (Å²) in [7, 11) is 1.43. The van der Waals surface area contributed by atoms with E-state index in [1.165, 1.54) is 7.11 Å². The summed E-state index contributed by atoms with van der Waals surface area (Å²) in [5.41, 5.74) is 0.997. The molecule has 1 aromatic rings. The molecule has 0 aromatic heterocycles. The zero-order valence-corrected chi connectivity index (χ0v) is 12.0. The predicted octanol–water partition coefficient (Wildman–Crippen LogP) is 3.55. The topological polar surface area (TPSA) is 38.3 Å². The van der Waals surface area contributed by atoms with Crippen molar-refractivity contribution in [3.63, 3.8) is 0 Å². The first-order chi connectivity index (χ1) is 8.72. The van der Waals surface area contributed by atoms with Crippen molar-refractivity contribution in [3.8, 4) is 0 Å². The Morgan fingerprint density at radius 3 is 2.78 bits per heavy atom. The first kappa shape index (κ1) is 14.9. The van der Waals surface area contributed by atoms with Crippen molar-refractivity contribution >= 4 is 23.4 Å². The van der Waals surface area contributed by atoms with E-state index in [0.717, 1.165) is 29.8 Å². The van der Waals surface area contributed by atoms with Gasteiger partial charge in [-0.1, -0.05) is 31.9 Å². The number of unbranched alkanes of at least 4 members (excludes halogenated alkanes) is 1. The summed E-state index contributed by atoms with van der Waals surface area (Å²) in [6.07, 6.45) is 4.90. The van der Waals surface area contributed by atoms with Gasteiger partial charge in [0.2, 0.25) is 0 Å². The molecule has 0 radical (unpaired) electrons. The molecule has 0 saturated heterocycles. The quantitative estimate of drug-likeness (QED) is 0.605. The van der Waals surface area contributed by atoms with Crippen LogP contribution in [0.4, 0.5) is 5.69 Å². The first-order valence-electron chi connectivity index (χ1n) is 6.20. The third kappa shape index (κ3) is 4.26. The molecule has 1 atom stereocenters. The molecule has 0 bridgehead atoms. The molecule has 4 heteroatoms. The lowest BCUT2D eigenvalue weighted by atomic mass is 10.1. The van der Waals surface area contributed by atoms with Gasteiger partial charge in [-0.05, 0) is 24.8 Å². The van der Waals surface area contributed by atoms with E-state index in [1.807, 2.05) is 30.5 Å². The summed E-state index contributed by atoms with van der Waals surface area (Å²) >= 11 is 1.67. The van der Waals surface area contributed by atoms with Gasteiger partial charge in [0.05, 0.1) is 7.11 Å². The van der Waals surface area contributed by atoms with E-state index in [9.17, 15) is 4.79 Å². The van der Waals surface area contributed by atoms with Crippen LogP contribution >= 0.6 is 11.8 Å². The lowest BCUT2D eigenvalue weighted by Crippen LogP contribution is -2.30. The van der Waals surface area contributed by atoms with E-state index in [2.05, 4.69) is 12.2 Å². The fourth-order valence-electron chi connectivity index (χ4n) is 1.75. The van der Waals surface area contributed by atoms with Gasteiger partial charge in [0, 0.05) is 10.6 Å². The second-order valence-corrected chi connectivity index (χ2v) is 4.91. The van der Waals surface area contributed by atoms with Crippen LogP contribution in [-0.4, -0.2) is 25.4 Å². The number of hydrogen-bond acceptors (Lipinski definition) is 4. The molecule has 3 nitrogen and oxygen atoms in total. The van der Waals surface area contributed by atoms with Crippen LogP contribution < -0.4 is 5.32 Å². The van der Waals surface area contributed by atoms with Crippen molar-refractivity contribution in [2.45, 2.75) is 37.1 Å². The molecule has 1 unspecified atom stereocenters. The highest BCUT2D eigenvalue weighted by atomic mass is 32.2. The molecule has 0 amide bonds. The van der Waals surface area contributed by atoms with Crippen LogP contribution in [0, 0.1) is 0 Å². The second-order valence-electron chi connectivity index (χ2n) is 4.06. The fraction of sp³-hybridized carbons (Fsp3) is 0.500. The molecule has 0 fully saturated rings. The van der Waals surface area contributed by atoms with E-state index in [1.54, 1.807) is 11.8 Å². The number of methoxy groups -OCH3 is 1. The zero-order chi connectivity index (χ0) is 13.4. The van der Waals surface area contributed by atoms with Crippen LogP contribution in [0.3, 0.4) is 0 Å². The smallest absolute Gasteiger partial charge is 0.328 e. The largest absolute Gasteiger partial charge is 0.467 e. The number of esters is 1. The third-order valence-electron chi connectivity index (χ3n) is 2.77. The summed E-state index contributed by atoms with van der Waals surface area (Å²) in [4.78, 5) is 12.9. The summed E-state index contributed by atoms with van der Waals surface area (Å²) in [6, 6.07) is 7.74. The van der Waals surface area contributed by atoms with E-state index in [4.69, 9.17) is 4.74 Å². The molecule has 0 saturated carbocycles. The number of anilines is 1. The number of benzene rings is 1. The van der Waals surface area contributed by atoms with Crippen LogP contribution in [0.5, 0.6) is 0 Å². The maximum absolute atomic E-state index is 11.7. The van der Waals surface area contributed by atoms with Crippen molar-refractivity contribution in [3.05, 3.63) is 24.3 Å². The molecule has 0 aliphatic rings. The van der Waals surface area contributed by atoms with Crippen molar-refractivity contribution in [2.24, 2.45) is 0 Å². The third-order valence-corrected chi connectivity index (χ3v) is 3.56. The maximum Gasteiger partial charge on any atom is 0.328 e. The highest BCUT2D eigenvalue weighted by Gasteiger charge is 2.19. The fourth-order valence-corrected chi connectivity index (χ4v) is 2.31. The molecular weight excluding hydrogens is 246 g/mol. The number of carbonyl (C=O) groups is 1. The Morgan fingerprint density at radius 1 is 1.44 bits per heavy atom. The van der Waals surface area contributed by atoms with Crippen LogP contribution in [0.2, 0.25) is 0 Å². The summed E-state index contributed by atoms with van der Waals surface area (Å²) in [5, 5.41) is 3.29. The average Bonchev–Trinajstić information content (AvgIpc) is 2.42. The highest BCUT2D eigenvalue weighted by molar-refractivity contribution is 7.98. The predicted molar refractivity (Wildman–Crippen MR) is 77.2 cm³/mol. The van der Waals surface area contributed by atoms with Gasteiger partial charge in [-0.3, -0.25) is 0 Å². The van der Waals surface area contributed by atoms with E-state index in [-0.39, 0.29) is 12.0 Å². The van der Waals surface area contributed by atoms with Crippen LogP contribution in [0.15, 0.2) is 29.2 Å². The second kappa shape index (κ2) is 8.03. The van der Waals surface area contributed by atoms with Gasteiger partial charge < -0.3 is 10.1 Å². The molecule has 0 heterocycles. The number of para-hydroxylation sites is 1. The van der Waals surface area contributed by atoms with Gasteiger partial charge >= 0.3 is 5.97 Å². The summed E-state index contributed by atoms with van der Waals surface area (Å²) in [5.74, 6) is -0.195. The Bertz CT molecular complexity index is 382. The minimum Gasteiger partial charge on any atom is -0.467 e. The van der Waals surface area contributed by atoms with Crippen molar-refractivity contribution in [2.75, 3.05) is 18.7 Å². The van der Waals surface area contributed by atoms with Gasteiger partial charge in [0.1, 0.15) is 6.04 Å². The van der Waals surface area contributed by atoms with Crippen molar-refractivity contribution in [1.82, 2.24) is 0 Å².